The molecule has 1 aromatic carbocycles. The number of rotatable bonds is 4. The van der Waals surface area contributed by atoms with Crippen LogP contribution in [0, 0.1) is 0 Å². The molecule has 2 atom stereocenters. The van der Waals surface area contributed by atoms with Gasteiger partial charge in [-0.05, 0) is 36.1 Å². The van der Waals surface area contributed by atoms with Crippen LogP contribution in [0.25, 0.3) is 0 Å². The van der Waals surface area contributed by atoms with Gasteiger partial charge in [0.25, 0.3) is 0 Å². The number of hydrogen-bond acceptors (Lipinski definition) is 2. The van der Waals surface area contributed by atoms with E-state index in [9.17, 15) is 5.11 Å². The summed E-state index contributed by atoms with van der Waals surface area (Å²) in [5.41, 5.74) is 2.92. The maximum Gasteiger partial charge on any atom is 0.0636 e. The highest BCUT2D eigenvalue weighted by molar-refractivity contribution is 7.98. The fourth-order valence-corrected chi connectivity index (χ4v) is 2.68. The third-order valence-corrected chi connectivity index (χ3v) is 3.59. The second kappa shape index (κ2) is 4.37. The second-order valence-electron chi connectivity index (χ2n) is 3.94. The Morgan fingerprint density at radius 2 is 2.29 bits per heavy atom. The molecular weight excluding hydrogens is 192 g/mol. The average molecular weight is 208 g/mol. The van der Waals surface area contributed by atoms with Crippen molar-refractivity contribution in [2.24, 2.45) is 0 Å². The lowest BCUT2D eigenvalue weighted by molar-refractivity contribution is 0.175. The van der Waals surface area contributed by atoms with Crippen molar-refractivity contribution in [2.75, 3.05) is 12.0 Å². The van der Waals surface area contributed by atoms with Crippen molar-refractivity contribution in [2.45, 2.75) is 24.9 Å². The summed E-state index contributed by atoms with van der Waals surface area (Å²) in [6.07, 6.45) is 3.99. The van der Waals surface area contributed by atoms with Crippen molar-refractivity contribution in [3.8, 4) is 0 Å². The molecule has 2 unspecified atom stereocenters. The topological polar surface area (TPSA) is 20.2 Å². The molecule has 1 aliphatic carbocycles. The van der Waals surface area contributed by atoms with Crippen molar-refractivity contribution < 1.29 is 5.11 Å². The van der Waals surface area contributed by atoms with Gasteiger partial charge in [-0.3, -0.25) is 0 Å². The van der Waals surface area contributed by atoms with Gasteiger partial charge in [0.1, 0.15) is 0 Å². The highest BCUT2D eigenvalue weighted by atomic mass is 32.2. The first-order chi connectivity index (χ1) is 6.81. The normalized spacial score (nSPS) is 21.1. The van der Waals surface area contributed by atoms with E-state index >= 15 is 0 Å². The van der Waals surface area contributed by atoms with Gasteiger partial charge < -0.3 is 5.11 Å². The van der Waals surface area contributed by atoms with Crippen LogP contribution in [-0.4, -0.2) is 23.2 Å². The molecule has 2 heteroatoms. The summed E-state index contributed by atoms with van der Waals surface area (Å²) in [6.45, 7) is 0. The van der Waals surface area contributed by atoms with Crippen LogP contribution in [0.3, 0.4) is 0 Å². The molecule has 1 aliphatic rings. The Labute approximate surface area is 89.5 Å². The van der Waals surface area contributed by atoms with E-state index in [4.69, 9.17) is 0 Å². The van der Waals surface area contributed by atoms with Gasteiger partial charge in [0, 0.05) is 5.75 Å². The predicted octanol–water partition coefficient (Wildman–Crippen LogP) is 2.44. The van der Waals surface area contributed by atoms with Crippen LogP contribution in [0.4, 0.5) is 0 Å². The molecule has 0 radical (unpaired) electrons. The highest BCUT2D eigenvalue weighted by Crippen LogP contribution is 2.38. The van der Waals surface area contributed by atoms with E-state index in [2.05, 4.69) is 24.3 Å². The minimum Gasteiger partial charge on any atom is -0.392 e. The van der Waals surface area contributed by atoms with E-state index in [1.54, 1.807) is 11.8 Å². The molecule has 1 nitrogen and oxygen atoms in total. The van der Waals surface area contributed by atoms with Gasteiger partial charge in [-0.25, -0.2) is 0 Å². The van der Waals surface area contributed by atoms with E-state index in [-0.39, 0.29) is 6.10 Å². The van der Waals surface area contributed by atoms with Crippen LogP contribution in [-0.2, 0) is 6.42 Å². The van der Waals surface area contributed by atoms with E-state index in [0.29, 0.717) is 5.92 Å². The largest absolute Gasteiger partial charge is 0.392 e. The van der Waals surface area contributed by atoms with Crippen molar-refractivity contribution in [1.82, 2.24) is 0 Å². The van der Waals surface area contributed by atoms with Gasteiger partial charge in [-0.15, -0.1) is 0 Å². The Morgan fingerprint density at radius 1 is 1.50 bits per heavy atom. The fraction of sp³-hybridized carbons (Fsp3) is 0.500. The number of aliphatic hydroxyl groups is 1. The Bertz CT molecular complexity index is 311. The average Bonchev–Trinajstić information content (AvgIpc) is 2.15. The summed E-state index contributed by atoms with van der Waals surface area (Å²) >= 11 is 1.72. The van der Waals surface area contributed by atoms with E-state index in [0.717, 1.165) is 18.6 Å². The van der Waals surface area contributed by atoms with Crippen LogP contribution in [0.1, 0.15) is 23.5 Å². The van der Waals surface area contributed by atoms with Gasteiger partial charge in [-0.1, -0.05) is 24.3 Å². The minimum absolute atomic E-state index is 0.136. The lowest BCUT2D eigenvalue weighted by atomic mass is 9.75. The molecule has 1 N–H and O–H groups in total. The predicted molar refractivity (Wildman–Crippen MR) is 61.9 cm³/mol. The summed E-state index contributed by atoms with van der Waals surface area (Å²) in [5, 5.41) is 9.69. The van der Waals surface area contributed by atoms with E-state index in [1.807, 2.05) is 6.26 Å². The smallest absolute Gasteiger partial charge is 0.0636 e. The summed E-state index contributed by atoms with van der Waals surface area (Å²) in [6, 6.07) is 8.56. The standard InChI is InChI=1S/C12H16OS/c1-14-8-11(13)7-10-6-9-4-2-3-5-12(9)10/h2-5,10-11,13H,6-8H2,1H3. The maximum absolute atomic E-state index is 9.69. The van der Waals surface area contributed by atoms with Crippen LogP contribution in [0.5, 0.6) is 0 Å². The Balaban J connectivity index is 1.92. The van der Waals surface area contributed by atoms with Crippen molar-refractivity contribution in [1.29, 1.82) is 0 Å². The first-order valence-electron chi connectivity index (χ1n) is 5.06. The van der Waals surface area contributed by atoms with Gasteiger partial charge >= 0.3 is 0 Å². The molecule has 0 spiro atoms. The zero-order valence-corrected chi connectivity index (χ0v) is 9.26. The van der Waals surface area contributed by atoms with Crippen LogP contribution in [0.15, 0.2) is 24.3 Å². The lowest BCUT2D eigenvalue weighted by Crippen LogP contribution is -2.23. The number of fused-ring (bicyclic) bond motifs is 1. The molecule has 0 aromatic heterocycles. The SMILES string of the molecule is CSCC(O)CC1Cc2ccccc21. The number of hydrogen-bond donors (Lipinski definition) is 1. The number of benzene rings is 1. The summed E-state index contributed by atoms with van der Waals surface area (Å²) < 4.78 is 0. The van der Waals surface area contributed by atoms with Crippen LogP contribution < -0.4 is 0 Å². The Morgan fingerprint density at radius 3 is 3.00 bits per heavy atom. The first kappa shape index (κ1) is 10.1. The monoisotopic (exact) mass is 208 g/mol. The van der Waals surface area contributed by atoms with Gasteiger partial charge in [0.15, 0.2) is 0 Å². The molecule has 0 heterocycles. The minimum atomic E-state index is -0.136. The zero-order valence-electron chi connectivity index (χ0n) is 8.44. The van der Waals surface area contributed by atoms with E-state index < -0.39 is 0 Å². The second-order valence-corrected chi connectivity index (χ2v) is 4.86. The first-order valence-corrected chi connectivity index (χ1v) is 6.45. The van der Waals surface area contributed by atoms with Gasteiger partial charge in [0.2, 0.25) is 0 Å². The van der Waals surface area contributed by atoms with Crippen LogP contribution >= 0.6 is 11.8 Å². The van der Waals surface area contributed by atoms with Crippen molar-refractivity contribution >= 4 is 11.8 Å². The molecule has 0 fully saturated rings. The molecule has 1 aromatic rings. The number of aliphatic hydroxyl groups excluding tert-OH is 1. The maximum atomic E-state index is 9.69. The van der Waals surface area contributed by atoms with Gasteiger partial charge in [0.05, 0.1) is 6.10 Å². The quantitative estimate of drug-likeness (QED) is 0.820. The molecule has 0 bridgehead atoms. The molecular formula is C12H16OS. The molecule has 14 heavy (non-hydrogen) atoms. The molecule has 0 saturated carbocycles. The third-order valence-electron chi connectivity index (χ3n) is 2.88. The Hall–Kier alpha value is -0.470. The highest BCUT2D eigenvalue weighted by Gasteiger charge is 2.26. The molecule has 0 saturated heterocycles. The molecule has 76 valence electrons. The van der Waals surface area contributed by atoms with Gasteiger partial charge in [-0.2, -0.15) is 11.8 Å². The summed E-state index contributed by atoms with van der Waals surface area (Å²) in [5.74, 6) is 1.46. The number of thioether (sulfide) groups is 1. The van der Waals surface area contributed by atoms with Crippen LogP contribution in [0.2, 0.25) is 0 Å². The van der Waals surface area contributed by atoms with Crippen molar-refractivity contribution in [3.63, 3.8) is 0 Å². The Kier molecular flexibility index (Phi) is 3.14. The van der Waals surface area contributed by atoms with E-state index in [1.165, 1.54) is 11.1 Å². The fourth-order valence-electron chi connectivity index (χ4n) is 2.16. The molecule has 2 rings (SSSR count). The summed E-state index contributed by atoms with van der Waals surface area (Å²) in [7, 11) is 0. The molecule has 0 amide bonds. The third kappa shape index (κ3) is 1.96. The zero-order chi connectivity index (χ0) is 9.97. The summed E-state index contributed by atoms with van der Waals surface area (Å²) in [4.78, 5) is 0. The molecule has 0 aliphatic heterocycles. The van der Waals surface area contributed by atoms with Crippen molar-refractivity contribution in [3.05, 3.63) is 35.4 Å². The lowest BCUT2D eigenvalue weighted by Gasteiger charge is -2.31.